The Labute approximate surface area is 149 Å². The van der Waals surface area contributed by atoms with E-state index in [0.717, 1.165) is 34.4 Å². The van der Waals surface area contributed by atoms with Crippen LogP contribution in [0, 0.1) is 0 Å². The second-order valence-corrected chi connectivity index (χ2v) is 6.62. The van der Waals surface area contributed by atoms with Gasteiger partial charge in [0, 0.05) is 16.5 Å². The third kappa shape index (κ3) is 3.58. The van der Waals surface area contributed by atoms with E-state index in [-0.39, 0.29) is 11.4 Å². The maximum absolute atomic E-state index is 12.1. The Hall–Kier alpha value is -2.60. The molecule has 25 heavy (non-hydrogen) atoms. The predicted octanol–water partition coefficient (Wildman–Crippen LogP) is 4.63. The highest BCUT2D eigenvalue weighted by atomic mass is 32.1. The van der Waals surface area contributed by atoms with Gasteiger partial charge in [-0.05, 0) is 42.3 Å². The van der Waals surface area contributed by atoms with Gasteiger partial charge in [-0.25, -0.2) is 9.78 Å². The highest BCUT2D eigenvalue weighted by molar-refractivity contribution is 7.22. The van der Waals surface area contributed by atoms with Crippen molar-refractivity contribution < 1.29 is 19.4 Å². The molecule has 0 radical (unpaired) electrons. The third-order valence-corrected chi connectivity index (χ3v) is 5.04. The van der Waals surface area contributed by atoms with Crippen molar-refractivity contribution in [3.8, 4) is 21.9 Å². The van der Waals surface area contributed by atoms with E-state index in [0.29, 0.717) is 11.3 Å². The number of hydrogen-bond donors (Lipinski definition) is 1. The number of fused-ring (bicyclic) bond motifs is 1. The van der Waals surface area contributed by atoms with Crippen molar-refractivity contribution in [3.05, 3.63) is 42.2 Å². The molecule has 0 aliphatic heterocycles. The number of rotatable bonds is 6. The monoisotopic (exact) mass is 357 g/mol. The van der Waals surface area contributed by atoms with Crippen molar-refractivity contribution in [2.45, 2.75) is 19.8 Å². The Balaban J connectivity index is 1.92. The number of benzene rings is 1. The number of ether oxygens (including phenoxy) is 2. The topological polar surface area (TPSA) is 68.7 Å². The van der Waals surface area contributed by atoms with E-state index in [4.69, 9.17) is 9.47 Å². The van der Waals surface area contributed by atoms with Crippen LogP contribution in [0.2, 0.25) is 0 Å². The molecular weight excluding hydrogens is 338 g/mol. The molecule has 2 aromatic heterocycles. The molecular formula is C19H19NO4S. The second-order valence-electron chi connectivity index (χ2n) is 5.57. The van der Waals surface area contributed by atoms with Crippen LogP contribution in [-0.2, 0) is 4.74 Å². The van der Waals surface area contributed by atoms with E-state index in [1.807, 2.05) is 37.3 Å². The fraction of sp³-hybridized carbons (Fsp3) is 0.263. The number of pyridine rings is 1. The molecule has 0 unspecified atom stereocenters. The Bertz CT molecular complexity index is 886. The zero-order valence-corrected chi connectivity index (χ0v) is 14.9. The molecule has 130 valence electrons. The van der Waals surface area contributed by atoms with Gasteiger partial charge in [-0.2, -0.15) is 0 Å². The van der Waals surface area contributed by atoms with Crippen LogP contribution in [0.25, 0.3) is 20.5 Å². The van der Waals surface area contributed by atoms with Crippen LogP contribution >= 0.6 is 11.3 Å². The minimum absolute atomic E-state index is 0.0354. The summed E-state index contributed by atoms with van der Waals surface area (Å²) in [6.45, 7) is 2.35. The summed E-state index contributed by atoms with van der Waals surface area (Å²) in [5.74, 6) is 0.0718. The first kappa shape index (κ1) is 17.2. The number of aromatic nitrogens is 1. The first-order valence-corrected chi connectivity index (χ1v) is 8.88. The number of hydrogen-bond acceptors (Lipinski definition) is 6. The van der Waals surface area contributed by atoms with E-state index in [9.17, 15) is 9.90 Å². The summed E-state index contributed by atoms with van der Waals surface area (Å²) in [5.41, 5.74) is 0.972. The smallest absolute Gasteiger partial charge is 0.360 e. The van der Waals surface area contributed by atoms with Crippen LogP contribution in [-0.4, -0.2) is 29.8 Å². The third-order valence-electron chi connectivity index (χ3n) is 3.83. The number of esters is 1. The van der Waals surface area contributed by atoms with E-state index >= 15 is 0 Å². The molecule has 0 fully saturated rings. The molecule has 6 heteroatoms. The van der Waals surface area contributed by atoms with Gasteiger partial charge in [-0.1, -0.05) is 13.3 Å². The fourth-order valence-electron chi connectivity index (χ4n) is 2.41. The lowest BCUT2D eigenvalue weighted by atomic mass is 10.1. The lowest BCUT2D eigenvalue weighted by Gasteiger charge is -2.05. The summed E-state index contributed by atoms with van der Waals surface area (Å²) in [4.78, 5) is 17.1. The molecule has 0 spiro atoms. The number of methoxy groups -OCH3 is 1. The number of aromatic hydroxyl groups is 1. The molecule has 0 saturated heterocycles. The van der Waals surface area contributed by atoms with Gasteiger partial charge in [0.2, 0.25) is 0 Å². The van der Waals surface area contributed by atoms with Gasteiger partial charge in [-0.15, -0.1) is 11.3 Å². The Kier molecular flexibility index (Phi) is 5.19. The molecule has 0 saturated carbocycles. The van der Waals surface area contributed by atoms with Gasteiger partial charge in [0.05, 0.1) is 18.4 Å². The Morgan fingerprint density at radius 2 is 2.04 bits per heavy atom. The lowest BCUT2D eigenvalue weighted by molar-refractivity contribution is 0.0489. The van der Waals surface area contributed by atoms with Gasteiger partial charge >= 0.3 is 5.97 Å². The molecule has 1 N–H and O–H groups in total. The molecule has 0 atom stereocenters. The molecule has 2 heterocycles. The van der Waals surface area contributed by atoms with Crippen molar-refractivity contribution in [1.29, 1.82) is 0 Å². The quantitative estimate of drug-likeness (QED) is 0.514. The van der Waals surface area contributed by atoms with Crippen LogP contribution < -0.4 is 4.74 Å². The van der Waals surface area contributed by atoms with Crippen molar-refractivity contribution in [3.63, 3.8) is 0 Å². The molecule has 3 aromatic rings. The minimum atomic E-state index is -0.591. The van der Waals surface area contributed by atoms with E-state index in [1.54, 1.807) is 13.3 Å². The molecule has 3 rings (SSSR count). The summed E-state index contributed by atoms with van der Waals surface area (Å²) < 4.78 is 10.9. The zero-order valence-electron chi connectivity index (χ0n) is 14.1. The summed E-state index contributed by atoms with van der Waals surface area (Å²) in [7, 11) is 1.62. The summed E-state index contributed by atoms with van der Waals surface area (Å²) in [5, 5.41) is 11.2. The normalized spacial score (nSPS) is 10.8. The highest BCUT2D eigenvalue weighted by Crippen LogP contribution is 2.39. The van der Waals surface area contributed by atoms with Gasteiger partial charge in [-0.3, -0.25) is 0 Å². The number of thiophene rings is 1. The number of nitrogens with zero attached hydrogens (tertiary/aromatic N) is 1. The Morgan fingerprint density at radius 3 is 2.72 bits per heavy atom. The largest absolute Gasteiger partial charge is 0.504 e. The van der Waals surface area contributed by atoms with Crippen LogP contribution in [0.4, 0.5) is 0 Å². The first-order chi connectivity index (χ1) is 12.1. The molecule has 0 aliphatic rings. The summed E-state index contributed by atoms with van der Waals surface area (Å²) in [6.07, 6.45) is 3.31. The van der Waals surface area contributed by atoms with Crippen molar-refractivity contribution in [2.24, 2.45) is 0 Å². The first-order valence-electron chi connectivity index (χ1n) is 8.07. The maximum Gasteiger partial charge on any atom is 0.360 e. The molecule has 5 nitrogen and oxygen atoms in total. The Morgan fingerprint density at radius 1 is 1.28 bits per heavy atom. The number of carbonyl (C=O) groups is 1. The average molecular weight is 357 g/mol. The van der Waals surface area contributed by atoms with Crippen molar-refractivity contribution in [1.82, 2.24) is 4.98 Å². The van der Waals surface area contributed by atoms with Crippen LogP contribution in [0.3, 0.4) is 0 Å². The van der Waals surface area contributed by atoms with Gasteiger partial charge in [0.1, 0.15) is 5.75 Å². The van der Waals surface area contributed by atoms with Gasteiger partial charge < -0.3 is 14.6 Å². The summed E-state index contributed by atoms with van der Waals surface area (Å²) in [6, 6.07) is 9.62. The standard InChI is InChI=1S/C19H19NO4S/c1-3-4-9-24-19(22)16-17(21)18-13(11-20-16)10-15(25-18)12-5-7-14(23-2)8-6-12/h5-8,10-11,21H,3-4,9H2,1-2H3. The van der Waals surface area contributed by atoms with Crippen molar-refractivity contribution in [2.75, 3.05) is 13.7 Å². The highest BCUT2D eigenvalue weighted by Gasteiger charge is 2.19. The molecule has 1 aromatic carbocycles. The van der Waals surface area contributed by atoms with E-state index < -0.39 is 5.97 Å². The number of carbonyl (C=O) groups excluding carboxylic acids is 1. The lowest BCUT2D eigenvalue weighted by Crippen LogP contribution is -2.08. The van der Waals surface area contributed by atoms with Gasteiger partial charge in [0.25, 0.3) is 0 Å². The molecule has 0 amide bonds. The maximum atomic E-state index is 12.1. The van der Waals surface area contributed by atoms with Gasteiger partial charge in [0.15, 0.2) is 11.4 Å². The molecule has 0 aliphatic carbocycles. The minimum Gasteiger partial charge on any atom is -0.504 e. The van der Waals surface area contributed by atoms with Crippen LogP contribution in [0.5, 0.6) is 11.5 Å². The van der Waals surface area contributed by atoms with E-state index in [1.165, 1.54) is 11.3 Å². The molecule has 0 bridgehead atoms. The predicted molar refractivity (Wildman–Crippen MR) is 98.5 cm³/mol. The second kappa shape index (κ2) is 7.53. The zero-order chi connectivity index (χ0) is 17.8. The van der Waals surface area contributed by atoms with Crippen LogP contribution in [0.1, 0.15) is 30.3 Å². The number of unbranched alkanes of at least 4 members (excludes halogenated alkanes) is 1. The SMILES string of the molecule is CCCCOC(=O)c1ncc2cc(-c3ccc(OC)cc3)sc2c1O. The average Bonchev–Trinajstić information content (AvgIpc) is 3.07. The summed E-state index contributed by atoms with van der Waals surface area (Å²) >= 11 is 1.41. The van der Waals surface area contributed by atoms with Crippen molar-refractivity contribution >= 4 is 27.4 Å². The van der Waals surface area contributed by atoms with E-state index in [2.05, 4.69) is 4.98 Å². The fourth-order valence-corrected chi connectivity index (χ4v) is 3.50. The van der Waals surface area contributed by atoms with Crippen LogP contribution in [0.15, 0.2) is 36.5 Å².